The molecule has 2 rings (SSSR count). The Morgan fingerprint density at radius 1 is 0.704 bits per heavy atom. The Balaban J connectivity index is 2.05. The minimum Gasteiger partial charge on any atom is -0.326 e. The number of amides is 3. The summed E-state index contributed by atoms with van der Waals surface area (Å²) in [7, 11) is 0. The Bertz CT molecular complexity index is 871. The van der Waals surface area contributed by atoms with Crippen molar-refractivity contribution in [1.29, 1.82) is 0 Å². The number of carbonyl (C=O) groups is 3. The summed E-state index contributed by atoms with van der Waals surface area (Å²) in [6.45, 7) is 8.53. The highest BCUT2D eigenvalue weighted by atomic mass is 16.2. The smallest absolute Gasteiger partial charge is 0.239 e. The molecule has 6 heteroatoms. The van der Waals surface area contributed by atoms with Crippen molar-refractivity contribution in [3.63, 3.8) is 0 Å². The highest BCUT2D eigenvalue weighted by Crippen LogP contribution is 2.23. The topological polar surface area (TPSA) is 87.3 Å². The van der Waals surface area contributed by atoms with E-state index >= 15 is 0 Å². The summed E-state index contributed by atoms with van der Waals surface area (Å²) >= 11 is 0. The SMILES string of the molecule is CC(=O)Nc1ccc(NC(=O)C(C)(C)C(=O)Nc2ccc(C)c(C)c2)cc1. The molecule has 0 bridgehead atoms. The molecule has 0 saturated carbocycles. The van der Waals surface area contributed by atoms with Crippen LogP contribution in [0.3, 0.4) is 0 Å². The average molecular weight is 367 g/mol. The maximum atomic E-state index is 12.6. The molecule has 0 aliphatic carbocycles. The van der Waals surface area contributed by atoms with Crippen LogP contribution in [-0.2, 0) is 14.4 Å². The lowest BCUT2D eigenvalue weighted by atomic mass is 9.90. The van der Waals surface area contributed by atoms with Gasteiger partial charge in [-0.05, 0) is 75.2 Å². The van der Waals surface area contributed by atoms with Crippen LogP contribution in [0.4, 0.5) is 17.1 Å². The fourth-order valence-corrected chi connectivity index (χ4v) is 2.34. The van der Waals surface area contributed by atoms with Crippen LogP contribution in [-0.4, -0.2) is 17.7 Å². The third kappa shape index (κ3) is 5.17. The largest absolute Gasteiger partial charge is 0.326 e. The van der Waals surface area contributed by atoms with E-state index in [0.29, 0.717) is 17.1 Å². The monoisotopic (exact) mass is 367 g/mol. The first-order valence-corrected chi connectivity index (χ1v) is 8.67. The summed E-state index contributed by atoms with van der Waals surface area (Å²) in [5.74, 6) is -0.981. The van der Waals surface area contributed by atoms with Crippen molar-refractivity contribution in [1.82, 2.24) is 0 Å². The highest BCUT2D eigenvalue weighted by Gasteiger charge is 2.36. The lowest BCUT2D eigenvalue weighted by Gasteiger charge is -2.23. The molecule has 0 fully saturated rings. The molecule has 27 heavy (non-hydrogen) atoms. The van der Waals surface area contributed by atoms with Crippen molar-refractivity contribution in [2.75, 3.05) is 16.0 Å². The molecule has 2 aromatic carbocycles. The molecule has 0 atom stereocenters. The van der Waals surface area contributed by atoms with Crippen LogP contribution in [0.25, 0.3) is 0 Å². The van der Waals surface area contributed by atoms with Crippen LogP contribution < -0.4 is 16.0 Å². The van der Waals surface area contributed by atoms with Gasteiger partial charge >= 0.3 is 0 Å². The maximum absolute atomic E-state index is 12.6. The second-order valence-corrected chi connectivity index (χ2v) is 7.09. The van der Waals surface area contributed by atoms with E-state index in [4.69, 9.17) is 0 Å². The van der Waals surface area contributed by atoms with Crippen molar-refractivity contribution in [2.24, 2.45) is 5.41 Å². The summed E-state index contributed by atoms with van der Waals surface area (Å²) in [5.41, 5.74) is 2.76. The van der Waals surface area contributed by atoms with E-state index in [2.05, 4.69) is 16.0 Å². The van der Waals surface area contributed by atoms with Gasteiger partial charge in [-0.15, -0.1) is 0 Å². The molecule has 2 aromatic rings. The number of rotatable bonds is 5. The van der Waals surface area contributed by atoms with Gasteiger partial charge in [-0.1, -0.05) is 6.07 Å². The van der Waals surface area contributed by atoms with Gasteiger partial charge in [0.1, 0.15) is 5.41 Å². The third-order valence-corrected chi connectivity index (χ3v) is 4.36. The van der Waals surface area contributed by atoms with Crippen molar-refractivity contribution in [3.05, 3.63) is 53.6 Å². The Morgan fingerprint density at radius 2 is 1.15 bits per heavy atom. The fourth-order valence-electron chi connectivity index (χ4n) is 2.34. The van der Waals surface area contributed by atoms with Gasteiger partial charge in [-0.3, -0.25) is 14.4 Å². The van der Waals surface area contributed by atoms with Gasteiger partial charge in [0.05, 0.1) is 0 Å². The zero-order valence-electron chi connectivity index (χ0n) is 16.3. The molecule has 0 aliphatic heterocycles. The molecule has 3 amide bonds. The second kappa shape index (κ2) is 8.03. The number of benzene rings is 2. The van der Waals surface area contributed by atoms with Gasteiger partial charge < -0.3 is 16.0 Å². The van der Waals surface area contributed by atoms with Crippen LogP contribution >= 0.6 is 0 Å². The summed E-state index contributed by atoms with van der Waals surface area (Å²) in [4.78, 5) is 36.3. The molecule has 0 aliphatic rings. The zero-order valence-corrected chi connectivity index (χ0v) is 16.3. The number of anilines is 3. The predicted octanol–water partition coefficient (Wildman–Crippen LogP) is 3.87. The first-order chi connectivity index (χ1) is 12.6. The Kier molecular flexibility index (Phi) is 6.00. The number of aryl methyl sites for hydroxylation is 2. The molecule has 0 heterocycles. The minimum absolute atomic E-state index is 0.170. The summed E-state index contributed by atoms with van der Waals surface area (Å²) < 4.78 is 0. The van der Waals surface area contributed by atoms with Gasteiger partial charge in [0.15, 0.2) is 0 Å². The third-order valence-electron chi connectivity index (χ3n) is 4.36. The highest BCUT2D eigenvalue weighted by molar-refractivity contribution is 6.14. The maximum Gasteiger partial charge on any atom is 0.239 e. The molecule has 142 valence electrons. The summed E-state index contributed by atoms with van der Waals surface area (Å²) in [6.07, 6.45) is 0. The number of carbonyl (C=O) groups excluding carboxylic acids is 3. The molecule has 0 saturated heterocycles. The number of hydrogen-bond acceptors (Lipinski definition) is 3. The van der Waals surface area contributed by atoms with Gasteiger partial charge in [0.2, 0.25) is 17.7 Å². The fraction of sp³-hybridized carbons (Fsp3) is 0.286. The molecule has 3 N–H and O–H groups in total. The molecule has 0 aromatic heterocycles. The average Bonchev–Trinajstić information content (AvgIpc) is 2.59. The van der Waals surface area contributed by atoms with Crippen LogP contribution in [0.1, 0.15) is 31.9 Å². The molecule has 0 spiro atoms. The Labute approximate surface area is 159 Å². The van der Waals surface area contributed by atoms with Crippen LogP contribution in [0.5, 0.6) is 0 Å². The minimum atomic E-state index is -1.27. The van der Waals surface area contributed by atoms with Gasteiger partial charge in [0.25, 0.3) is 0 Å². The van der Waals surface area contributed by atoms with E-state index in [1.807, 2.05) is 32.0 Å². The molecule has 0 radical (unpaired) electrons. The zero-order chi connectivity index (χ0) is 20.2. The molecule has 0 unspecified atom stereocenters. The standard InChI is InChI=1S/C21H25N3O3/c1-13-6-7-18(12-14(13)2)24-20(27)21(4,5)19(26)23-17-10-8-16(9-11-17)22-15(3)25/h6-12H,1-5H3,(H,22,25)(H,23,26)(H,24,27). The van der Waals surface area contributed by atoms with Crippen LogP contribution in [0.2, 0.25) is 0 Å². The van der Waals surface area contributed by atoms with Gasteiger partial charge in [-0.25, -0.2) is 0 Å². The predicted molar refractivity (Wildman–Crippen MR) is 108 cm³/mol. The van der Waals surface area contributed by atoms with E-state index in [9.17, 15) is 14.4 Å². The summed E-state index contributed by atoms with van der Waals surface area (Å²) in [5, 5.41) is 8.19. The van der Waals surface area contributed by atoms with Crippen molar-refractivity contribution in [2.45, 2.75) is 34.6 Å². The quantitative estimate of drug-likeness (QED) is 0.701. The van der Waals surface area contributed by atoms with Crippen molar-refractivity contribution < 1.29 is 14.4 Å². The van der Waals surface area contributed by atoms with E-state index in [0.717, 1.165) is 11.1 Å². The number of hydrogen-bond donors (Lipinski definition) is 3. The lowest BCUT2D eigenvalue weighted by molar-refractivity contribution is -0.135. The van der Waals surface area contributed by atoms with Crippen molar-refractivity contribution >= 4 is 34.8 Å². The molecular weight excluding hydrogens is 342 g/mol. The van der Waals surface area contributed by atoms with E-state index in [1.54, 1.807) is 38.1 Å². The first kappa shape index (κ1) is 20.2. The lowest BCUT2D eigenvalue weighted by Crippen LogP contribution is -2.41. The van der Waals surface area contributed by atoms with Crippen LogP contribution in [0, 0.1) is 19.3 Å². The van der Waals surface area contributed by atoms with E-state index in [1.165, 1.54) is 6.92 Å². The van der Waals surface area contributed by atoms with Crippen molar-refractivity contribution in [3.8, 4) is 0 Å². The normalized spacial score (nSPS) is 10.9. The Hall–Kier alpha value is -3.15. The molecule has 6 nitrogen and oxygen atoms in total. The van der Waals surface area contributed by atoms with Gasteiger partial charge in [-0.2, -0.15) is 0 Å². The van der Waals surface area contributed by atoms with Gasteiger partial charge in [0, 0.05) is 24.0 Å². The first-order valence-electron chi connectivity index (χ1n) is 8.67. The number of nitrogens with one attached hydrogen (secondary N) is 3. The summed E-state index contributed by atoms with van der Waals surface area (Å²) in [6, 6.07) is 12.3. The van der Waals surface area contributed by atoms with E-state index in [-0.39, 0.29) is 5.91 Å². The Morgan fingerprint density at radius 3 is 1.63 bits per heavy atom. The molecular formula is C21H25N3O3. The van der Waals surface area contributed by atoms with E-state index < -0.39 is 17.2 Å². The second-order valence-electron chi connectivity index (χ2n) is 7.09. The van der Waals surface area contributed by atoms with Crippen LogP contribution in [0.15, 0.2) is 42.5 Å².